The van der Waals surface area contributed by atoms with Crippen LogP contribution in [0, 0.1) is 5.82 Å². The summed E-state index contributed by atoms with van der Waals surface area (Å²) in [5, 5.41) is 4.99. The molecule has 26 heavy (non-hydrogen) atoms. The fraction of sp³-hybridized carbons (Fsp3) is 0.250. The van der Waals surface area contributed by atoms with E-state index in [0.29, 0.717) is 15.9 Å². The minimum Gasteiger partial charge on any atom is -0.434 e. The molecule has 0 aliphatic heterocycles. The first-order chi connectivity index (χ1) is 12.2. The van der Waals surface area contributed by atoms with Gasteiger partial charge in [0.25, 0.3) is 5.88 Å². The summed E-state index contributed by atoms with van der Waals surface area (Å²) in [4.78, 5) is 3.77. The first-order valence-electron chi connectivity index (χ1n) is 7.44. The molecule has 0 aliphatic rings. The zero-order chi connectivity index (χ0) is 18.9. The van der Waals surface area contributed by atoms with E-state index in [9.17, 15) is 17.6 Å². The van der Waals surface area contributed by atoms with E-state index in [1.54, 1.807) is 0 Å². The van der Waals surface area contributed by atoms with Crippen molar-refractivity contribution in [3.63, 3.8) is 0 Å². The first-order valence-corrected chi connectivity index (χ1v) is 8.20. The minimum atomic E-state index is -4.25. The van der Waals surface area contributed by atoms with Crippen molar-refractivity contribution in [1.82, 2.24) is 14.8 Å². The predicted molar refractivity (Wildman–Crippen MR) is 89.3 cm³/mol. The van der Waals surface area contributed by atoms with Gasteiger partial charge < -0.3 is 4.74 Å². The largest absolute Gasteiger partial charge is 0.434 e. The fourth-order valence-corrected chi connectivity index (χ4v) is 2.75. The zero-order valence-electron chi connectivity index (χ0n) is 13.0. The van der Waals surface area contributed by atoms with Gasteiger partial charge in [0.15, 0.2) is 11.6 Å². The highest BCUT2D eigenvalue weighted by atomic mass is 35.5. The Morgan fingerprint density at radius 1 is 1.15 bits per heavy atom. The molecule has 0 amide bonds. The lowest BCUT2D eigenvalue weighted by Gasteiger charge is -2.11. The molecule has 3 rings (SSSR count). The Morgan fingerprint density at radius 3 is 2.62 bits per heavy atom. The van der Waals surface area contributed by atoms with Crippen LogP contribution in [-0.2, 0) is 6.54 Å². The molecule has 3 aromatic rings. The van der Waals surface area contributed by atoms with Crippen LogP contribution in [0.4, 0.5) is 17.6 Å². The maximum Gasteiger partial charge on any atom is 0.389 e. The highest BCUT2D eigenvalue weighted by Crippen LogP contribution is 2.35. The molecule has 0 saturated carbocycles. The van der Waals surface area contributed by atoms with E-state index in [0.717, 1.165) is 6.07 Å². The second kappa shape index (κ2) is 7.28. The van der Waals surface area contributed by atoms with Gasteiger partial charge in [-0.1, -0.05) is 23.2 Å². The maximum atomic E-state index is 13.9. The van der Waals surface area contributed by atoms with Gasteiger partial charge >= 0.3 is 6.18 Å². The van der Waals surface area contributed by atoms with Gasteiger partial charge in [-0.25, -0.2) is 9.37 Å². The topological polar surface area (TPSA) is 39.9 Å². The Kier molecular flexibility index (Phi) is 5.24. The molecule has 2 heterocycles. The number of pyridine rings is 1. The highest BCUT2D eigenvalue weighted by molar-refractivity contribution is 6.35. The van der Waals surface area contributed by atoms with E-state index in [1.807, 2.05) is 0 Å². The van der Waals surface area contributed by atoms with Gasteiger partial charge in [0, 0.05) is 24.5 Å². The van der Waals surface area contributed by atoms with E-state index in [2.05, 4.69) is 10.1 Å². The summed E-state index contributed by atoms with van der Waals surface area (Å²) in [5.41, 5.74) is 0.357. The van der Waals surface area contributed by atoms with E-state index < -0.39 is 18.4 Å². The lowest BCUT2D eigenvalue weighted by molar-refractivity contribution is -0.135. The van der Waals surface area contributed by atoms with Crippen molar-refractivity contribution in [3.8, 4) is 11.6 Å². The van der Waals surface area contributed by atoms with Crippen molar-refractivity contribution in [2.75, 3.05) is 0 Å². The first kappa shape index (κ1) is 18.7. The van der Waals surface area contributed by atoms with E-state index >= 15 is 0 Å². The number of hydrogen-bond acceptors (Lipinski definition) is 3. The number of fused-ring (bicyclic) bond motifs is 1. The maximum absolute atomic E-state index is 13.9. The number of nitrogens with zero attached hydrogens (tertiary/aromatic N) is 3. The minimum absolute atomic E-state index is 0.00373. The van der Waals surface area contributed by atoms with Crippen molar-refractivity contribution >= 4 is 34.1 Å². The average Bonchev–Trinajstić information content (AvgIpc) is 2.96. The third kappa shape index (κ3) is 4.19. The smallest absolute Gasteiger partial charge is 0.389 e. The SMILES string of the molecule is Fc1cc(Cl)cnc1Oc1ccc(Cl)c2cnn(CCCC(F)(F)F)c12. The molecule has 4 nitrogen and oxygen atoms in total. The van der Waals surface area contributed by atoms with Crippen molar-refractivity contribution < 1.29 is 22.3 Å². The van der Waals surface area contributed by atoms with Gasteiger partial charge in [-0.2, -0.15) is 18.3 Å². The molecule has 0 bridgehead atoms. The van der Waals surface area contributed by atoms with Crippen LogP contribution >= 0.6 is 23.2 Å². The van der Waals surface area contributed by atoms with E-state index in [-0.39, 0.29) is 29.6 Å². The molecule has 0 saturated heterocycles. The second-order valence-electron chi connectivity index (χ2n) is 5.44. The number of halogens is 6. The monoisotopic (exact) mass is 407 g/mol. The van der Waals surface area contributed by atoms with Crippen LogP contribution in [0.1, 0.15) is 12.8 Å². The molecule has 0 radical (unpaired) electrons. The number of ether oxygens (including phenoxy) is 1. The average molecular weight is 408 g/mol. The molecular weight excluding hydrogens is 397 g/mol. The van der Waals surface area contributed by atoms with Gasteiger partial charge in [-0.15, -0.1) is 0 Å². The summed E-state index contributed by atoms with van der Waals surface area (Å²) in [6.07, 6.45) is -2.73. The second-order valence-corrected chi connectivity index (χ2v) is 6.28. The Balaban J connectivity index is 1.94. The van der Waals surface area contributed by atoms with Gasteiger partial charge in [0.1, 0.15) is 5.52 Å². The molecule has 2 aromatic heterocycles. The molecule has 0 fully saturated rings. The van der Waals surface area contributed by atoms with Crippen LogP contribution in [0.2, 0.25) is 10.0 Å². The van der Waals surface area contributed by atoms with Crippen LogP contribution in [0.3, 0.4) is 0 Å². The fourth-order valence-electron chi connectivity index (χ4n) is 2.40. The number of rotatable bonds is 5. The summed E-state index contributed by atoms with van der Waals surface area (Å²) in [7, 11) is 0. The third-order valence-corrected chi connectivity index (χ3v) is 4.06. The van der Waals surface area contributed by atoms with Gasteiger partial charge in [-0.05, 0) is 24.6 Å². The number of hydrogen-bond donors (Lipinski definition) is 0. The quantitative estimate of drug-likeness (QED) is 0.486. The Hall–Kier alpha value is -2.06. The molecular formula is C16H11Cl2F4N3O. The van der Waals surface area contributed by atoms with Gasteiger partial charge in [-0.3, -0.25) is 4.68 Å². The number of aromatic nitrogens is 3. The standard InChI is InChI=1S/C16H11Cl2F4N3O/c17-9-6-12(19)15(23-7-9)26-13-3-2-11(18)10-8-24-25(14(10)13)5-1-4-16(20,21)22/h2-3,6-8H,1,4-5H2. The summed E-state index contributed by atoms with van der Waals surface area (Å²) < 4.78 is 57.9. The molecule has 10 heteroatoms. The molecule has 0 N–H and O–H groups in total. The molecule has 138 valence electrons. The predicted octanol–water partition coefficient (Wildman–Crippen LogP) is 6.01. The molecule has 0 atom stereocenters. The van der Waals surface area contributed by atoms with E-state index in [1.165, 1.54) is 29.2 Å². The Labute approximate surface area is 155 Å². The normalized spacial score (nSPS) is 11.9. The van der Waals surface area contributed by atoms with Crippen LogP contribution in [0.5, 0.6) is 11.6 Å². The number of alkyl halides is 3. The lowest BCUT2D eigenvalue weighted by atomic mass is 10.2. The van der Waals surface area contributed by atoms with Crippen LogP contribution in [0.15, 0.2) is 30.6 Å². The van der Waals surface area contributed by atoms with Crippen LogP contribution in [0.25, 0.3) is 10.9 Å². The number of benzene rings is 1. The van der Waals surface area contributed by atoms with Gasteiger partial charge in [0.2, 0.25) is 0 Å². The van der Waals surface area contributed by atoms with Gasteiger partial charge in [0.05, 0.1) is 16.2 Å². The van der Waals surface area contributed by atoms with Crippen molar-refractivity contribution in [3.05, 3.63) is 46.5 Å². The third-order valence-electron chi connectivity index (χ3n) is 3.52. The summed E-state index contributed by atoms with van der Waals surface area (Å²) in [6.45, 7) is -0.00373. The van der Waals surface area contributed by atoms with Crippen LogP contribution < -0.4 is 4.74 Å². The highest BCUT2D eigenvalue weighted by Gasteiger charge is 2.26. The molecule has 0 unspecified atom stereocenters. The lowest BCUT2D eigenvalue weighted by Crippen LogP contribution is -2.10. The Bertz CT molecular complexity index is 943. The Morgan fingerprint density at radius 2 is 1.92 bits per heavy atom. The molecule has 0 spiro atoms. The van der Waals surface area contributed by atoms with Crippen molar-refractivity contribution in [1.29, 1.82) is 0 Å². The van der Waals surface area contributed by atoms with E-state index in [4.69, 9.17) is 27.9 Å². The van der Waals surface area contributed by atoms with Crippen LogP contribution in [-0.4, -0.2) is 20.9 Å². The summed E-state index contributed by atoms with van der Waals surface area (Å²) in [6, 6.07) is 4.04. The summed E-state index contributed by atoms with van der Waals surface area (Å²) in [5.74, 6) is -0.924. The van der Waals surface area contributed by atoms with Crippen molar-refractivity contribution in [2.24, 2.45) is 0 Å². The summed E-state index contributed by atoms with van der Waals surface area (Å²) >= 11 is 11.8. The number of aryl methyl sites for hydroxylation is 1. The molecule has 0 aliphatic carbocycles. The zero-order valence-corrected chi connectivity index (χ0v) is 14.5. The molecule has 1 aromatic carbocycles. The van der Waals surface area contributed by atoms with Crippen molar-refractivity contribution in [2.45, 2.75) is 25.6 Å².